The molecule has 164 valence electrons. The van der Waals surface area contributed by atoms with Crippen molar-refractivity contribution in [3.05, 3.63) is 54.1 Å². The number of hydrogen-bond donors (Lipinski definition) is 4. The van der Waals surface area contributed by atoms with Crippen LogP contribution in [0, 0.1) is 0 Å². The number of aliphatic hydroxyl groups is 1. The van der Waals surface area contributed by atoms with E-state index in [9.17, 15) is 9.36 Å². The largest absolute Gasteiger partial charge is 0.469 e. The molecule has 0 heterocycles. The molecule has 0 saturated heterocycles. The Labute approximate surface area is 175 Å². The van der Waals surface area contributed by atoms with E-state index in [4.69, 9.17) is 20.6 Å². The highest BCUT2D eigenvalue weighted by Gasteiger charge is 2.17. The fourth-order valence-electron chi connectivity index (χ4n) is 2.09. The van der Waals surface area contributed by atoms with E-state index in [0.717, 1.165) is 11.4 Å². The summed E-state index contributed by atoms with van der Waals surface area (Å²) in [6, 6.07) is 14.4. The zero-order valence-corrected chi connectivity index (χ0v) is 17.9. The summed E-state index contributed by atoms with van der Waals surface area (Å²) in [4.78, 5) is 29.4. The molecule has 2 aromatic rings. The fourth-order valence-corrected chi connectivity index (χ4v) is 2.67. The van der Waals surface area contributed by atoms with E-state index in [1.165, 1.54) is 6.92 Å². The van der Waals surface area contributed by atoms with Crippen molar-refractivity contribution in [3.63, 3.8) is 0 Å². The van der Waals surface area contributed by atoms with Gasteiger partial charge in [0.05, 0.1) is 17.5 Å². The molecule has 0 saturated carbocycles. The normalized spacial score (nSPS) is 12.2. The van der Waals surface area contributed by atoms with Gasteiger partial charge in [0.1, 0.15) is 0 Å². The van der Waals surface area contributed by atoms with E-state index >= 15 is 0 Å². The van der Waals surface area contributed by atoms with E-state index in [-0.39, 0.29) is 13.0 Å². The molecule has 0 spiro atoms. The number of aliphatic hydroxyl groups excluding tert-OH is 1. The van der Waals surface area contributed by atoms with E-state index in [1.54, 1.807) is 24.3 Å². The molecule has 2 aromatic carbocycles. The molecule has 30 heavy (non-hydrogen) atoms. The first kappa shape index (κ1) is 25.4. The lowest BCUT2D eigenvalue weighted by molar-refractivity contribution is 0.0999. The second kappa shape index (κ2) is 12.2. The predicted molar refractivity (Wildman–Crippen MR) is 114 cm³/mol. The molecular formula is C19H27N4O6P. The van der Waals surface area contributed by atoms with Crippen molar-refractivity contribution in [1.82, 2.24) is 0 Å². The summed E-state index contributed by atoms with van der Waals surface area (Å²) in [5, 5.41) is 16.6. The van der Waals surface area contributed by atoms with E-state index in [0.29, 0.717) is 11.3 Å². The topological polar surface area (TPSA) is 158 Å². The highest BCUT2D eigenvalue weighted by molar-refractivity contribution is 7.46. The zero-order chi connectivity index (χ0) is 22.7. The first-order valence-electron chi connectivity index (χ1n) is 8.95. The molecule has 1 amide bonds. The number of hydrogen-bond acceptors (Lipinski definition) is 7. The molecule has 0 fully saturated rings. The van der Waals surface area contributed by atoms with Gasteiger partial charge in [0.15, 0.2) is 0 Å². The maximum Gasteiger partial charge on any atom is 0.469 e. The summed E-state index contributed by atoms with van der Waals surface area (Å²) >= 11 is 0. The van der Waals surface area contributed by atoms with Gasteiger partial charge in [-0.3, -0.25) is 9.32 Å². The third-order valence-corrected chi connectivity index (χ3v) is 4.29. The molecule has 11 heteroatoms. The number of nitrogens with two attached hydrogens (primary N) is 1. The van der Waals surface area contributed by atoms with Crippen LogP contribution in [0.4, 0.5) is 17.1 Å². The molecule has 0 aromatic heterocycles. The Morgan fingerprint density at radius 1 is 1.07 bits per heavy atom. The van der Waals surface area contributed by atoms with Crippen LogP contribution in [0.3, 0.4) is 0 Å². The molecule has 0 aliphatic carbocycles. The lowest BCUT2D eigenvalue weighted by Crippen LogP contribution is -2.10. The Morgan fingerprint density at radius 2 is 1.53 bits per heavy atom. The second-order valence-electron chi connectivity index (χ2n) is 6.44. The van der Waals surface area contributed by atoms with E-state index in [1.807, 2.05) is 43.3 Å². The minimum atomic E-state index is -4.36. The van der Waals surface area contributed by atoms with Crippen LogP contribution in [-0.2, 0) is 9.09 Å². The monoisotopic (exact) mass is 438 g/mol. The van der Waals surface area contributed by atoms with Crippen molar-refractivity contribution < 1.29 is 28.8 Å². The van der Waals surface area contributed by atoms with Crippen LogP contribution in [0.25, 0.3) is 0 Å². The van der Waals surface area contributed by atoms with Crippen LogP contribution < -0.4 is 10.6 Å². The molecule has 10 nitrogen and oxygen atoms in total. The minimum absolute atomic E-state index is 0.138. The third kappa shape index (κ3) is 10.2. The summed E-state index contributed by atoms with van der Waals surface area (Å²) in [6.45, 7) is 1.34. The number of carbonyl (C=O) groups excluding carboxylic acids is 1. The maximum atomic E-state index is 10.9. The first-order valence-corrected chi connectivity index (χ1v) is 10.5. The Morgan fingerprint density at radius 3 is 1.90 bits per heavy atom. The van der Waals surface area contributed by atoms with Crippen LogP contribution in [0.1, 0.15) is 23.7 Å². The molecule has 1 atom stereocenters. The Hall–Kier alpha value is -2.62. The molecule has 0 radical (unpaired) electrons. The van der Waals surface area contributed by atoms with Crippen molar-refractivity contribution >= 4 is 30.8 Å². The van der Waals surface area contributed by atoms with Crippen molar-refractivity contribution in [2.75, 3.05) is 25.6 Å². The van der Waals surface area contributed by atoms with Gasteiger partial charge in [0, 0.05) is 32.0 Å². The quantitative estimate of drug-likeness (QED) is 0.364. The van der Waals surface area contributed by atoms with Gasteiger partial charge in [0.2, 0.25) is 5.91 Å². The van der Waals surface area contributed by atoms with E-state index < -0.39 is 19.8 Å². The van der Waals surface area contributed by atoms with Gasteiger partial charge >= 0.3 is 7.82 Å². The summed E-state index contributed by atoms with van der Waals surface area (Å²) in [5.41, 5.74) is 8.18. The number of anilines is 1. The van der Waals surface area contributed by atoms with Gasteiger partial charge in [-0.1, -0.05) is 0 Å². The van der Waals surface area contributed by atoms with Gasteiger partial charge in [-0.05, 0) is 61.9 Å². The highest BCUT2D eigenvalue weighted by Crippen LogP contribution is 2.37. The molecular weight excluding hydrogens is 411 g/mol. The molecule has 2 rings (SSSR count). The number of primary amides is 1. The zero-order valence-electron chi connectivity index (χ0n) is 17.0. The lowest BCUT2D eigenvalue weighted by Gasteiger charge is -2.11. The number of phosphoric ester groups is 1. The third-order valence-electron chi connectivity index (χ3n) is 3.65. The lowest BCUT2D eigenvalue weighted by atomic mass is 10.2. The number of benzene rings is 2. The van der Waals surface area contributed by atoms with Gasteiger partial charge in [-0.2, -0.15) is 10.2 Å². The predicted octanol–water partition coefficient (Wildman–Crippen LogP) is 3.13. The summed E-state index contributed by atoms with van der Waals surface area (Å²) < 4.78 is 14.3. The number of carbonyl (C=O) groups is 1. The van der Waals surface area contributed by atoms with Crippen LogP contribution in [0.2, 0.25) is 0 Å². The fraction of sp³-hybridized carbons (Fsp3) is 0.316. The number of amides is 1. The molecule has 5 N–H and O–H groups in total. The minimum Gasteiger partial charge on any atom is -0.396 e. The molecule has 0 bridgehead atoms. The highest BCUT2D eigenvalue weighted by atomic mass is 31.2. The number of azo groups is 1. The second-order valence-corrected chi connectivity index (χ2v) is 7.63. The number of phosphoric acid groups is 1. The summed E-state index contributed by atoms with van der Waals surface area (Å²) in [5.74, 6) is -0.451. The SMILES string of the molecule is CN(C)c1ccc(N=Nc2ccc(C(N)=O)cc2)cc1.C[C@@H](CCO)OP(=O)(O)O. The molecule has 0 aliphatic heterocycles. The average molecular weight is 438 g/mol. The van der Waals surface area contributed by atoms with Crippen molar-refractivity contribution in [2.24, 2.45) is 16.0 Å². The van der Waals surface area contributed by atoms with Crippen LogP contribution in [-0.4, -0.2) is 47.6 Å². The Balaban J connectivity index is 0.000000382. The van der Waals surface area contributed by atoms with Gasteiger partial charge in [-0.15, -0.1) is 0 Å². The number of rotatable bonds is 8. The van der Waals surface area contributed by atoms with Gasteiger partial charge < -0.3 is 25.5 Å². The standard InChI is InChI=1S/C15H16N4O.C4H11O5P/c1-19(2)14-9-7-13(8-10-14)18-17-12-5-3-11(4-6-12)15(16)20;1-4(2-3-5)9-10(6,7)8/h3-10H,1-2H3,(H2,16,20);4-5H,2-3H2,1H3,(H2,6,7,8)/t;4-/m.0/s1. The average Bonchev–Trinajstić information content (AvgIpc) is 2.66. The smallest absolute Gasteiger partial charge is 0.396 e. The maximum absolute atomic E-state index is 10.9. The summed E-state index contributed by atoms with van der Waals surface area (Å²) in [6.07, 6.45) is -0.378. The Bertz CT molecular complexity index is 866. The van der Waals surface area contributed by atoms with Crippen molar-refractivity contribution in [1.29, 1.82) is 0 Å². The van der Waals surface area contributed by atoms with Crippen molar-refractivity contribution in [3.8, 4) is 0 Å². The number of nitrogens with zero attached hydrogens (tertiary/aromatic N) is 3. The Kier molecular flexibility index (Phi) is 10.3. The van der Waals surface area contributed by atoms with Crippen LogP contribution >= 0.6 is 7.82 Å². The molecule has 0 unspecified atom stereocenters. The first-order chi connectivity index (χ1) is 14.0. The van der Waals surface area contributed by atoms with Crippen LogP contribution in [0.15, 0.2) is 58.8 Å². The van der Waals surface area contributed by atoms with Crippen molar-refractivity contribution in [2.45, 2.75) is 19.4 Å². The van der Waals surface area contributed by atoms with Gasteiger partial charge in [0.25, 0.3) is 0 Å². The molecule has 0 aliphatic rings. The van der Waals surface area contributed by atoms with Crippen LogP contribution in [0.5, 0.6) is 0 Å². The summed E-state index contributed by atoms with van der Waals surface area (Å²) in [7, 11) is -0.397. The van der Waals surface area contributed by atoms with E-state index in [2.05, 4.69) is 14.8 Å². The van der Waals surface area contributed by atoms with Gasteiger partial charge in [-0.25, -0.2) is 4.57 Å².